The highest BCUT2D eigenvalue weighted by Gasteiger charge is 2.44. The lowest BCUT2D eigenvalue weighted by Gasteiger charge is -2.51. The number of halogens is 3. The molecule has 2 heterocycles. The van der Waals surface area contributed by atoms with Crippen LogP contribution in [0.3, 0.4) is 0 Å². The van der Waals surface area contributed by atoms with Crippen molar-refractivity contribution in [3.8, 4) is 0 Å². The second-order valence-corrected chi connectivity index (χ2v) is 8.30. The molecule has 27 heavy (non-hydrogen) atoms. The SMILES string of the molecule is CC1CC(C(=O)N2CC3COCC(C2)N3CC2CC2)C1.O=C(O)C(F)(F)F. The molecule has 2 unspecified atom stereocenters. The molecule has 0 radical (unpaired) electrons. The Kier molecular flexibility index (Phi) is 6.00. The van der Waals surface area contributed by atoms with E-state index in [1.54, 1.807) is 0 Å². The van der Waals surface area contributed by atoms with Gasteiger partial charge in [0.05, 0.1) is 25.3 Å². The monoisotopic (exact) mass is 392 g/mol. The maximum absolute atomic E-state index is 12.6. The summed E-state index contributed by atoms with van der Waals surface area (Å²) in [4.78, 5) is 26.3. The van der Waals surface area contributed by atoms with Crippen LogP contribution in [0.1, 0.15) is 32.6 Å². The van der Waals surface area contributed by atoms with Crippen molar-refractivity contribution in [1.82, 2.24) is 9.80 Å². The van der Waals surface area contributed by atoms with E-state index in [1.807, 2.05) is 0 Å². The van der Waals surface area contributed by atoms with Gasteiger partial charge in [0.2, 0.25) is 5.91 Å². The number of morpholine rings is 1. The number of aliphatic carboxylic acids is 1. The minimum atomic E-state index is -5.08. The molecule has 2 aliphatic carbocycles. The van der Waals surface area contributed by atoms with E-state index in [0.717, 1.165) is 51.0 Å². The maximum atomic E-state index is 12.6. The van der Waals surface area contributed by atoms with E-state index in [1.165, 1.54) is 19.4 Å². The highest BCUT2D eigenvalue weighted by atomic mass is 19.4. The van der Waals surface area contributed by atoms with E-state index in [2.05, 4.69) is 16.7 Å². The topological polar surface area (TPSA) is 70.1 Å². The quantitative estimate of drug-likeness (QED) is 0.796. The fraction of sp³-hybridized carbons (Fsp3) is 0.889. The Morgan fingerprint density at radius 3 is 2.04 bits per heavy atom. The normalized spacial score (nSPS) is 33.6. The minimum absolute atomic E-state index is 0.321. The van der Waals surface area contributed by atoms with Crippen LogP contribution in [0.15, 0.2) is 0 Å². The average molecular weight is 392 g/mol. The largest absolute Gasteiger partial charge is 0.490 e. The number of rotatable bonds is 3. The van der Waals surface area contributed by atoms with E-state index in [9.17, 15) is 18.0 Å². The summed E-state index contributed by atoms with van der Waals surface area (Å²) in [5, 5.41) is 7.12. The number of ether oxygens (including phenoxy) is 1. The van der Waals surface area contributed by atoms with Gasteiger partial charge in [0.1, 0.15) is 0 Å². The minimum Gasteiger partial charge on any atom is -0.475 e. The van der Waals surface area contributed by atoms with Gasteiger partial charge >= 0.3 is 12.1 Å². The number of carboxylic acids is 1. The highest BCUT2D eigenvalue weighted by molar-refractivity contribution is 5.80. The lowest BCUT2D eigenvalue weighted by molar-refractivity contribution is -0.192. The average Bonchev–Trinajstić information content (AvgIpc) is 3.34. The molecule has 154 valence electrons. The summed E-state index contributed by atoms with van der Waals surface area (Å²) in [5.41, 5.74) is 0. The van der Waals surface area contributed by atoms with Gasteiger partial charge in [-0.05, 0) is 37.5 Å². The van der Waals surface area contributed by atoms with Crippen molar-refractivity contribution in [3.05, 3.63) is 0 Å². The predicted molar refractivity (Wildman–Crippen MR) is 90.0 cm³/mol. The number of nitrogens with zero attached hydrogens (tertiary/aromatic N) is 2. The molecule has 1 N–H and O–H groups in total. The highest BCUT2D eigenvalue weighted by Crippen LogP contribution is 2.37. The van der Waals surface area contributed by atoms with Gasteiger partial charge in [0.15, 0.2) is 0 Å². The summed E-state index contributed by atoms with van der Waals surface area (Å²) in [6.07, 6.45) is -0.0707. The number of hydrogen-bond donors (Lipinski definition) is 1. The lowest BCUT2D eigenvalue weighted by Crippen LogP contribution is -2.66. The Bertz CT molecular complexity index is 547. The number of carboxylic acid groups (broad SMARTS) is 1. The first-order valence-corrected chi connectivity index (χ1v) is 9.57. The van der Waals surface area contributed by atoms with E-state index in [-0.39, 0.29) is 0 Å². The van der Waals surface area contributed by atoms with Gasteiger partial charge in [-0.25, -0.2) is 4.79 Å². The number of hydrogen-bond acceptors (Lipinski definition) is 4. The molecule has 2 atom stereocenters. The molecule has 0 aromatic carbocycles. The number of carbonyl (C=O) groups is 2. The van der Waals surface area contributed by atoms with Gasteiger partial charge in [-0.2, -0.15) is 13.2 Å². The van der Waals surface area contributed by atoms with E-state index in [4.69, 9.17) is 14.6 Å². The molecule has 2 saturated carbocycles. The van der Waals surface area contributed by atoms with Crippen LogP contribution < -0.4 is 0 Å². The van der Waals surface area contributed by atoms with Crippen LogP contribution >= 0.6 is 0 Å². The smallest absolute Gasteiger partial charge is 0.475 e. The summed E-state index contributed by atoms with van der Waals surface area (Å²) in [7, 11) is 0. The standard InChI is InChI=1S/C16H26N2O2.C2HF3O2/c1-11-4-13(5-11)16(19)17-7-14-9-20-10-15(8-17)18(14)6-12-2-3-12;3-2(4,5)1(6)7/h11-15H,2-10H2,1H3;(H,6,7). The molecule has 2 bridgehead atoms. The zero-order chi connectivity index (χ0) is 19.8. The first kappa shape index (κ1) is 20.4. The Morgan fingerprint density at radius 2 is 1.63 bits per heavy atom. The molecular formula is C18H27F3N2O4. The molecule has 6 nitrogen and oxygen atoms in total. The molecule has 0 spiro atoms. The molecular weight excluding hydrogens is 365 g/mol. The molecule has 2 saturated heterocycles. The summed E-state index contributed by atoms with van der Waals surface area (Å²) in [5.74, 6) is -0.337. The van der Waals surface area contributed by atoms with Crippen LogP contribution in [0.5, 0.6) is 0 Å². The van der Waals surface area contributed by atoms with Gasteiger partial charge < -0.3 is 14.7 Å². The fourth-order valence-corrected chi connectivity index (χ4v) is 4.17. The van der Waals surface area contributed by atoms with Crippen molar-refractivity contribution in [2.24, 2.45) is 17.8 Å². The molecule has 4 aliphatic rings. The van der Waals surface area contributed by atoms with E-state index < -0.39 is 12.1 Å². The van der Waals surface area contributed by atoms with Crippen molar-refractivity contribution in [2.45, 2.75) is 50.9 Å². The van der Waals surface area contributed by atoms with Crippen LogP contribution in [-0.2, 0) is 14.3 Å². The van der Waals surface area contributed by atoms with Crippen LogP contribution in [-0.4, -0.2) is 77.9 Å². The summed E-state index contributed by atoms with van der Waals surface area (Å²) in [6.45, 7) is 6.91. The predicted octanol–water partition coefficient (Wildman–Crippen LogP) is 1.99. The fourth-order valence-electron chi connectivity index (χ4n) is 4.17. The van der Waals surface area contributed by atoms with Crippen molar-refractivity contribution < 1.29 is 32.6 Å². The maximum Gasteiger partial charge on any atom is 0.490 e. The van der Waals surface area contributed by atoms with Crippen LogP contribution in [0, 0.1) is 17.8 Å². The van der Waals surface area contributed by atoms with Gasteiger partial charge in [0.25, 0.3) is 0 Å². The van der Waals surface area contributed by atoms with Crippen molar-refractivity contribution in [3.63, 3.8) is 0 Å². The first-order chi connectivity index (χ1) is 12.6. The number of fused-ring (bicyclic) bond motifs is 2. The third-order valence-corrected chi connectivity index (χ3v) is 5.86. The van der Waals surface area contributed by atoms with Crippen molar-refractivity contribution in [1.29, 1.82) is 0 Å². The van der Waals surface area contributed by atoms with Crippen molar-refractivity contribution in [2.75, 3.05) is 32.8 Å². The summed E-state index contributed by atoms with van der Waals surface area (Å²) < 4.78 is 37.5. The second kappa shape index (κ2) is 7.95. The Hall–Kier alpha value is -1.35. The lowest BCUT2D eigenvalue weighted by atomic mass is 9.75. The zero-order valence-corrected chi connectivity index (χ0v) is 15.5. The number of piperazine rings is 1. The Balaban J connectivity index is 0.000000260. The Labute approximate surface area is 156 Å². The molecule has 4 rings (SSSR count). The van der Waals surface area contributed by atoms with E-state index in [0.29, 0.717) is 23.9 Å². The number of carbonyl (C=O) groups excluding carboxylic acids is 1. The molecule has 0 aromatic rings. The van der Waals surface area contributed by atoms with Gasteiger partial charge in [0, 0.05) is 25.6 Å². The zero-order valence-electron chi connectivity index (χ0n) is 15.5. The van der Waals surface area contributed by atoms with Gasteiger partial charge in [-0.1, -0.05) is 6.92 Å². The van der Waals surface area contributed by atoms with E-state index >= 15 is 0 Å². The molecule has 9 heteroatoms. The van der Waals surface area contributed by atoms with Crippen LogP contribution in [0.25, 0.3) is 0 Å². The Morgan fingerprint density at radius 1 is 1.11 bits per heavy atom. The molecule has 4 fully saturated rings. The molecule has 1 amide bonds. The van der Waals surface area contributed by atoms with Gasteiger partial charge in [-0.15, -0.1) is 0 Å². The number of alkyl halides is 3. The van der Waals surface area contributed by atoms with Crippen molar-refractivity contribution >= 4 is 11.9 Å². The second-order valence-electron chi connectivity index (χ2n) is 8.30. The third kappa shape index (κ3) is 5.13. The summed E-state index contributed by atoms with van der Waals surface area (Å²) in [6, 6.07) is 0.897. The molecule has 0 aromatic heterocycles. The molecule has 2 aliphatic heterocycles. The third-order valence-electron chi connectivity index (χ3n) is 5.86. The summed E-state index contributed by atoms with van der Waals surface area (Å²) >= 11 is 0. The van der Waals surface area contributed by atoms with Gasteiger partial charge in [-0.3, -0.25) is 9.69 Å². The first-order valence-electron chi connectivity index (χ1n) is 9.57. The van der Waals surface area contributed by atoms with Crippen LogP contribution in [0.4, 0.5) is 13.2 Å². The number of amides is 1. The van der Waals surface area contributed by atoms with Crippen LogP contribution in [0.2, 0.25) is 0 Å².